The summed E-state index contributed by atoms with van der Waals surface area (Å²) in [5.74, 6) is 0.874. The monoisotopic (exact) mass is 414 g/mol. The summed E-state index contributed by atoms with van der Waals surface area (Å²) in [5.41, 5.74) is 2.48. The predicted octanol–water partition coefficient (Wildman–Crippen LogP) is 3.42. The molecule has 0 aliphatic rings. The summed E-state index contributed by atoms with van der Waals surface area (Å²) in [5, 5.41) is 3.43. The molecule has 0 saturated carbocycles. The summed E-state index contributed by atoms with van der Waals surface area (Å²) in [6.07, 6.45) is 1.65. The Morgan fingerprint density at radius 1 is 1.06 bits per heavy atom. The Morgan fingerprint density at radius 2 is 1.84 bits per heavy atom. The van der Waals surface area contributed by atoms with Crippen molar-refractivity contribution in [2.45, 2.75) is 20.4 Å². The summed E-state index contributed by atoms with van der Waals surface area (Å²) in [4.78, 5) is 34.2. The summed E-state index contributed by atoms with van der Waals surface area (Å²) in [7, 11) is 0. The molecule has 1 amide bonds. The molecule has 4 rings (SSSR count). The molecule has 0 spiro atoms. The summed E-state index contributed by atoms with van der Waals surface area (Å²) < 4.78 is 7.04. The average molecular weight is 414 g/mol. The fourth-order valence-corrected chi connectivity index (χ4v) is 3.41. The van der Waals surface area contributed by atoms with E-state index in [2.05, 4.69) is 15.3 Å². The normalized spacial score (nSPS) is 10.8. The molecule has 1 N–H and O–H groups in total. The van der Waals surface area contributed by atoms with Crippen LogP contribution < -0.4 is 15.6 Å². The highest BCUT2D eigenvalue weighted by molar-refractivity contribution is 5.94. The number of pyridine rings is 1. The van der Waals surface area contributed by atoms with Crippen LogP contribution in [-0.4, -0.2) is 27.0 Å². The van der Waals surface area contributed by atoms with Gasteiger partial charge in [0.1, 0.15) is 5.82 Å². The van der Waals surface area contributed by atoms with Crippen LogP contribution in [0.3, 0.4) is 0 Å². The smallest absolute Gasteiger partial charge is 0.265 e. The van der Waals surface area contributed by atoms with Gasteiger partial charge in [-0.25, -0.2) is 9.97 Å². The first kappa shape index (κ1) is 20.3. The van der Waals surface area contributed by atoms with Crippen LogP contribution in [0.1, 0.15) is 28.7 Å². The Morgan fingerprint density at radius 3 is 2.61 bits per heavy atom. The van der Waals surface area contributed by atoms with E-state index in [1.54, 1.807) is 54.1 Å². The number of nitrogens with one attached hydrogen (secondary N) is 1. The van der Waals surface area contributed by atoms with E-state index in [1.807, 2.05) is 31.2 Å². The number of para-hydroxylation sites is 1. The van der Waals surface area contributed by atoms with E-state index in [-0.39, 0.29) is 11.5 Å². The van der Waals surface area contributed by atoms with Crippen molar-refractivity contribution in [3.05, 3.63) is 94.2 Å². The molecule has 31 heavy (non-hydrogen) atoms. The van der Waals surface area contributed by atoms with Gasteiger partial charge in [-0.15, -0.1) is 0 Å². The van der Waals surface area contributed by atoms with Crippen molar-refractivity contribution in [3.8, 4) is 11.6 Å². The fourth-order valence-electron chi connectivity index (χ4n) is 3.41. The predicted molar refractivity (Wildman–Crippen MR) is 119 cm³/mol. The van der Waals surface area contributed by atoms with Crippen molar-refractivity contribution < 1.29 is 9.53 Å². The number of hydrogen-bond donors (Lipinski definition) is 1. The number of aromatic nitrogens is 3. The highest BCUT2D eigenvalue weighted by atomic mass is 16.5. The minimum atomic E-state index is -0.224. The zero-order valence-electron chi connectivity index (χ0n) is 17.3. The molecule has 2 aromatic carbocycles. The lowest BCUT2D eigenvalue weighted by Crippen LogP contribution is -2.24. The molecule has 0 aliphatic carbocycles. The fraction of sp³-hybridized carbons (Fsp3) is 0.167. The summed E-state index contributed by atoms with van der Waals surface area (Å²) in [6.45, 7) is 4.48. The number of aryl methyl sites for hydroxylation is 1. The molecule has 0 unspecified atom stereocenters. The topological polar surface area (TPSA) is 86.1 Å². The Labute approximate surface area is 179 Å². The highest BCUT2D eigenvalue weighted by Gasteiger charge is 2.12. The zero-order chi connectivity index (χ0) is 21.8. The number of carbonyl (C=O) groups is 1. The second-order valence-electron chi connectivity index (χ2n) is 6.95. The van der Waals surface area contributed by atoms with Crippen LogP contribution in [0.2, 0.25) is 0 Å². The quantitative estimate of drug-likeness (QED) is 0.523. The maximum absolute atomic E-state index is 12.9. The van der Waals surface area contributed by atoms with Crippen LogP contribution >= 0.6 is 0 Å². The van der Waals surface area contributed by atoms with Crippen molar-refractivity contribution in [2.75, 3.05) is 6.61 Å². The third-order valence-corrected chi connectivity index (χ3v) is 4.90. The van der Waals surface area contributed by atoms with Gasteiger partial charge >= 0.3 is 0 Å². The van der Waals surface area contributed by atoms with Crippen molar-refractivity contribution in [2.24, 2.45) is 0 Å². The van der Waals surface area contributed by atoms with Crippen LogP contribution in [0.25, 0.3) is 16.6 Å². The maximum Gasteiger partial charge on any atom is 0.265 e. The van der Waals surface area contributed by atoms with E-state index < -0.39 is 0 Å². The summed E-state index contributed by atoms with van der Waals surface area (Å²) >= 11 is 0. The lowest BCUT2D eigenvalue weighted by atomic mass is 10.1. The van der Waals surface area contributed by atoms with E-state index in [0.29, 0.717) is 47.0 Å². The number of amides is 1. The average Bonchev–Trinajstić information content (AvgIpc) is 2.79. The first-order valence-corrected chi connectivity index (χ1v) is 10.0. The second kappa shape index (κ2) is 8.79. The van der Waals surface area contributed by atoms with Gasteiger partial charge in [0.25, 0.3) is 11.5 Å². The number of fused-ring (bicyclic) bond motifs is 1. The number of ether oxygens (including phenoxy) is 1. The first-order valence-electron chi connectivity index (χ1n) is 10.0. The Hall–Kier alpha value is -4.00. The second-order valence-corrected chi connectivity index (χ2v) is 6.95. The van der Waals surface area contributed by atoms with Gasteiger partial charge in [-0.1, -0.05) is 18.2 Å². The molecule has 2 heterocycles. The van der Waals surface area contributed by atoms with Crippen molar-refractivity contribution >= 4 is 16.8 Å². The minimum absolute atomic E-state index is 0.139. The lowest BCUT2D eigenvalue weighted by molar-refractivity contribution is 0.0950. The van der Waals surface area contributed by atoms with E-state index in [4.69, 9.17) is 4.74 Å². The van der Waals surface area contributed by atoms with Gasteiger partial charge in [-0.05, 0) is 56.3 Å². The molecule has 0 saturated heterocycles. The van der Waals surface area contributed by atoms with Gasteiger partial charge in [0, 0.05) is 23.9 Å². The number of rotatable bonds is 6. The molecular weight excluding hydrogens is 392 g/mol. The molecule has 7 heteroatoms. The Kier molecular flexibility index (Phi) is 5.75. The van der Waals surface area contributed by atoms with Crippen LogP contribution in [0.5, 0.6) is 5.88 Å². The van der Waals surface area contributed by atoms with E-state index in [0.717, 1.165) is 5.56 Å². The first-order chi connectivity index (χ1) is 15.1. The third kappa shape index (κ3) is 4.16. The highest BCUT2D eigenvalue weighted by Crippen LogP contribution is 2.16. The molecule has 156 valence electrons. The third-order valence-electron chi connectivity index (χ3n) is 4.90. The van der Waals surface area contributed by atoms with Crippen molar-refractivity contribution in [3.63, 3.8) is 0 Å². The SMILES string of the molecule is CCOc1ncccc1CNC(=O)c1ccc(-n2c(C)nc3ccccc3c2=O)cc1. The molecule has 0 aliphatic heterocycles. The standard InChI is InChI=1S/C24H22N4O3/c1-3-31-23-18(7-6-14-25-23)15-26-22(29)17-10-12-19(13-11-17)28-16(2)27-21-9-5-4-8-20(21)24(28)30/h4-14H,3,15H2,1-2H3,(H,26,29). The van der Waals surface area contributed by atoms with E-state index >= 15 is 0 Å². The number of nitrogens with zero attached hydrogens (tertiary/aromatic N) is 3. The van der Waals surface area contributed by atoms with Crippen molar-refractivity contribution in [1.82, 2.24) is 19.9 Å². The van der Waals surface area contributed by atoms with Crippen LogP contribution in [0, 0.1) is 6.92 Å². The molecule has 7 nitrogen and oxygen atoms in total. The van der Waals surface area contributed by atoms with Crippen LogP contribution in [0.15, 0.2) is 71.7 Å². The van der Waals surface area contributed by atoms with Gasteiger partial charge in [0.05, 0.1) is 23.2 Å². The van der Waals surface area contributed by atoms with Crippen molar-refractivity contribution in [1.29, 1.82) is 0 Å². The number of carbonyl (C=O) groups excluding carboxylic acids is 1. The Balaban J connectivity index is 1.55. The molecule has 0 radical (unpaired) electrons. The van der Waals surface area contributed by atoms with Gasteiger partial charge in [-0.3, -0.25) is 14.2 Å². The largest absolute Gasteiger partial charge is 0.478 e. The van der Waals surface area contributed by atoms with E-state index in [9.17, 15) is 9.59 Å². The molecule has 0 atom stereocenters. The number of hydrogen-bond acceptors (Lipinski definition) is 5. The van der Waals surface area contributed by atoms with Crippen LogP contribution in [-0.2, 0) is 6.54 Å². The van der Waals surface area contributed by atoms with Gasteiger partial charge < -0.3 is 10.1 Å². The minimum Gasteiger partial charge on any atom is -0.478 e. The van der Waals surface area contributed by atoms with Gasteiger partial charge in [-0.2, -0.15) is 0 Å². The summed E-state index contributed by atoms with van der Waals surface area (Å²) in [6, 6.07) is 17.8. The molecular formula is C24H22N4O3. The Bertz CT molecular complexity index is 1300. The van der Waals surface area contributed by atoms with E-state index in [1.165, 1.54) is 0 Å². The van der Waals surface area contributed by atoms with Gasteiger partial charge in [0.2, 0.25) is 5.88 Å². The molecule has 0 fully saturated rings. The van der Waals surface area contributed by atoms with Crippen LogP contribution in [0.4, 0.5) is 0 Å². The lowest BCUT2D eigenvalue weighted by Gasteiger charge is -2.12. The molecule has 2 aromatic heterocycles. The zero-order valence-corrected chi connectivity index (χ0v) is 17.3. The number of benzene rings is 2. The maximum atomic E-state index is 12.9. The molecule has 4 aromatic rings. The van der Waals surface area contributed by atoms with Gasteiger partial charge in [0.15, 0.2) is 0 Å². The molecule has 0 bridgehead atoms.